The fraction of sp³-hybridized carbons (Fsp3) is 0.0556. The highest BCUT2D eigenvalue weighted by Crippen LogP contribution is 2.25. The third kappa shape index (κ3) is 3.43. The number of hydrogen-bond donors (Lipinski definition) is 1. The summed E-state index contributed by atoms with van der Waals surface area (Å²) in [5.41, 5.74) is 3.34. The quantitative estimate of drug-likeness (QED) is 0.518. The van der Waals surface area contributed by atoms with Crippen molar-refractivity contribution in [1.29, 1.82) is 0 Å². The molecule has 7 heteroatoms. The first-order valence-electron chi connectivity index (χ1n) is 7.64. The van der Waals surface area contributed by atoms with Crippen LogP contribution in [0.15, 0.2) is 60.9 Å². The van der Waals surface area contributed by atoms with Gasteiger partial charge in [-0.25, -0.2) is 4.98 Å². The fourth-order valence-corrected chi connectivity index (χ4v) is 2.86. The van der Waals surface area contributed by atoms with Crippen LogP contribution in [-0.2, 0) is 6.54 Å². The van der Waals surface area contributed by atoms with E-state index in [1.807, 2.05) is 34.9 Å². The lowest BCUT2D eigenvalue weighted by atomic mass is 10.2. The van der Waals surface area contributed by atoms with Crippen LogP contribution in [0.3, 0.4) is 0 Å². The first kappa shape index (κ1) is 15.9. The van der Waals surface area contributed by atoms with Gasteiger partial charge in [-0.15, -0.1) is 0 Å². The van der Waals surface area contributed by atoms with Crippen LogP contribution in [0.5, 0.6) is 0 Å². The molecule has 1 N–H and O–H groups in total. The van der Waals surface area contributed by atoms with Gasteiger partial charge >= 0.3 is 0 Å². The lowest BCUT2D eigenvalue weighted by Gasteiger charge is -2.08. The average Bonchev–Trinajstić information content (AvgIpc) is 3.01. The Morgan fingerprint density at radius 3 is 2.44 bits per heavy atom. The second-order valence-corrected chi connectivity index (χ2v) is 6.28. The van der Waals surface area contributed by atoms with Gasteiger partial charge in [0, 0.05) is 10.7 Å². The second kappa shape index (κ2) is 6.70. The largest absolute Gasteiger partial charge is 0.338 e. The van der Waals surface area contributed by atoms with Crippen molar-refractivity contribution in [2.75, 3.05) is 5.32 Å². The van der Waals surface area contributed by atoms with Crippen LogP contribution < -0.4 is 5.32 Å². The first-order chi connectivity index (χ1) is 12.2. The number of nitrogens with one attached hydrogen (secondary N) is 1. The average molecular weight is 370 g/mol. The van der Waals surface area contributed by atoms with Crippen molar-refractivity contribution in [3.63, 3.8) is 0 Å². The summed E-state index contributed by atoms with van der Waals surface area (Å²) in [6.45, 7) is 0.658. The highest BCUT2D eigenvalue weighted by atomic mass is 35.5. The van der Waals surface area contributed by atoms with Gasteiger partial charge in [0.25, 0.3) is 0 Å². The molecule has 0 aliphatic rings. The smallest absolute Gasteiger partial charge is 0.226 e. The van der Waals surface area contributed by atoms with Crippen molar-refractivity contribution in [2.24, 2.45) is 0 Å². The Balaban J connectivity index is 1.72. The minimum atomic E-state index is 0.166. The van der Waals surface area contributed by atoms with Gasteiger partial charge in [0.1, 0.15) is 0 Å². The van der Waals surface area contributed by atoms with E-state index in [0.29, 0.717) is 28.5 Å². The highest BCUT2D eigenvalue weighted by Gasteiger charge is 2.13. The molecule has 0 saturated carbocycles. The van der Waals surface area contributed by atoms with E-state index >= 15 is 0 Å². The van der Waals surface area contributed by atoms with Crippen LogP contribution >= 0.6 is 23.2 Å². The number of rotatable bonds is 4. The van der Waals surface area contributed by atoms with Gasteiger partial charge in [0.2, 0.25) is 5.28 Å². The lowest BCUT2D eigenvalue weighted by Crippen LogP contribution is -2.01. The maximum absolute atomic E-state index is 6.12. The molecular weight excluding hydrogens is 357 g/mol. The number of nitrogens with zero attached hydrogens (tertiary/aromatic N) is 4. The van der Waals surface area contributed by atoms with Crippen molar-refractivity contribution in [1.82, 2.24) is 19.5 Å². The number of imidazole rings is 1. The van der Waals surface area contributed by atoms with E-state index in [9.17, 15) is 0 Å². The molecule has 0 radical (unpaired) electrons. The predicted octanol–water partition coefficient (Wildman–Crippen LogP) is 4.93. The Hall–Kier alpha value is -2.63. The molecule has 2 heterocycles. The summed E-state index contributed by atoms with van der Waals surface area (Å²) >= 11 is 12.0. The third-order valence-corrected chi connectivity index (χ3v) is 4.16. The van der Waals surface area contributed by atoms with Gasteiger partial charge in [0.05, 0.1) is 12.9 Å². The number of benzene rings is 2. The number of aromatic nitrogens is 4. The van der Waals surface area contributed by atoms with Crippen LogP contribution in [0.2, 0.25) is 10.3 Å². The van der Waals surface area contributed by atoms with Gasteiger partial charge < -0.3 is 9.88 Å². The van der Waals surface area contributed by atoms with E-state index in [4.69, 9.17) is 23.2 Å². The molecule has 0 fully saturated rings. The van der Waals surface area contributed by atoms with Crippen molar-refractivity contribution in [3.05, 3.63) is 76.8 Å². The van der Waals surface area contributed by atoms with Crippen LogP contribution in [0, 0.1) is 0 Å². The number of anilines is 2. The molecule has 0 bridgehead atoms. The molecule has 4 aromatic rings. The third-order valence-electron chi connectivity index (χ3n) is 3.74. The zero-order valence-electron chi connectivity index (χ0n) is 13.0. The summed E-state index contributed by atoms with van der Waals surface area (Å²) in [4.78, 5) is 13.1. The molecule has 0 atom stereocenters. The molecule has 25 heavy (non-hydrogen) atoms. The van der Waals surface area contributed by atoms with Crippen LogP contribution in [0.25, 0.3) is 11.2 Å². The predicted molar refractivity (Wildman–Crippen MR) is 101 cm³/mol. The van der Waals surface area contributed by atoms with E-state index in [0.717, 1.165) is 11.3 Å². The van der Waals surface area contributed by atoms with Crippen molar-refractivity contribution < 1.29 is 0 Å². The molecule has 2 aromatic heterocycles. The van der Waals surface area contributed by atoms with Crippen molar-refractivity contribution in [2.45, 2.75) is 6.54 Å². The summed E-state index contributed by atoms with van der Waals surface area (Å²) in [5.74, 6) is 0.559. The van der Waals surface area contributed by atoms with Crippen LogP contribution in [0.4, 0.5) is 11.5 Å². The number of hydrogen-bond acceptors (Lipinski definition) is 4. The summed E-state index contributed by atoms with van der Waals surface area (Å²) in [6.07, 6.45) is 1.75. The minimum absolute atomic E-state index is 0.166. The maximum Gasteiger partial charge on any atom is 0.226 e. The second-order valence-electron chi connectivity index (χ2n) is 5.50. The van der Waals surface area contributed by atoms with E-state index < -0.39 is 0 Å². The molecule has 0 aliphatic heterocycles. The van der Waals surface area contributed by atoms with E-state index in [-0.39, 0.29) is 5.28 Å². The SMILES string of the molecule is Clc1ccc(Nc2nc(Cl)nc3c2ncn3Cc2ccccc2)cc1. The molecule has 2 aromatic carbocycles. The van der Waals surface area contributed by atoms with E-state index in [2.05, 4.69) is 32.4 Å². The molecule has 0 spiro atoms. The molecular formula is C18H13Cl2N5. The Morgan fingerprint density at radius 2 is 1.68 bits per heavy atom. The van der Waals surface area contributed by atoms with Gasteiger partial charge in [0.15, 0.2) is 17.0 Å². The van der Waals surface area contributed by atoms with Crippen molar-refractivity contribution in [3.8, 4) is 0 Å². The number of fused-ring (bicyclic) bond motifs is 1. The lowest BCUT2D eigenvalue weighted by molar-refractivity contribution is 0.813. The molecule has 4 rings (SSSR count). The zero-order chi connectivity index (χ0) is 17.2. The molecule has 0 aliphatic carbocycles. The Bertz CT molecular complexity index is 1010. The Labute approximate surface area is 154 Å². The monoisotopic (exact) mass is 369 g/mol. The summed E-state index contributed by atoms with van der Waals surface area (Å²) in [5, 5.41) is 4.06. The topological polar surface area (TPSA) is 55.6 Å². The Morgan fingerprint density at radius 1 is 0.920 bits per heavy atom. The van der Waals surface area contributed by atoms with E-state index in [1.165, 1.54) is 0 Å². The van der Waals surface area contributed by atoms with Crippen LogP contribution in [0.1, 0.15) is 5.56 Å². The molecule has 0 unspecified atom stereocenters. The highest BCUT2D eigenvalue weighted by molar-refractivity contribution is 6.30. The van der Waals surface area contributed by atoms with Gasteiger partial charge in [-0.2, -0.15) is 9.97 Å². The Kier molecular flexibility index (Phi) is 4.26. The molecule has 124 valence electrons. The summed E-state index contributed by atoms with van der Waals surface area (Å²) in [7, 11) is 0. The van der Waals surface area contributed by atoms with Gasteiger partial charge in [-0.1, -0.05) is 41.9 Å². The first-order valence-corrected chi connectivity index (χ1v) is 8.39. The van der Waals surface area contributed by atoms with E-state index in [1.54, 1.807) is 18.5 Å². The molecule has 0 amide bonds. The van der Waals surface area contributed by atoms with Crippen LogP contribution in [-0.4, -0.2) is 19.5 Å². The summed E-state index contributed by atoms with van der Waals surface area (Å²) < 4.78 is 1.95. The molecule has 0 saturated heterocycles. The fourth-order valence-electron chi connectivity index (χ4n) is 2.57. The van der Waals surface area contributed by atoms with Crippen molar-refractivity contribution >= 4 is 45.9 Å². The van der Waals surface area contributed by atoms with Gasteiger partial charge in [-0.3, -0.25) is 0 Å². The minimum Gasteiger partial charge on any atom is -0.338 e. The number of halogens is 2. The molecule has 5 nitrogen and oxygen atoms in total. The summed E-state index contributed by atoms with van der Waals surface area (Å²) in [6, 6.07) is 17.5. The maximum atomic E-state index is 6.12. The van der Waals surface area contributed by atoms with Gasteiger partial charge in [-0.05, 0) is 41.4 Å². The zero-order valence-corrected chi connectivity index (χ0v) is 14.5. The standard InChI is InChI=1S/C18H13Cl2N5/c19-13-6-8-14(9-7-13)22-16-15-17(24-18(20)23-16)25(11-21-15)10-12-4-2-1-3-5-12/h1-9,11H,10H2,(H,22,23,24). The normalized spacial score (nSPS) is 11.0.